The van der Waals surface area contributed by atoms with Gasteiger partial charge in [0.05, 0.1) is 6.04 Å². The molecule has 1 aromatic rings. The van der Waals surface area contributed by atoms with Crippen LogP contribution in [0.5, 0.6) is 0 Å². The Bertz CT molecular complexity index is 763. The third kappa shape index (κ3) is 7.92. The lowest BCUT2D eigenvalue weighted by Gasteiger charge is -2.26. The van der Waals surface area contributed by atoms with E-state index in [-0.39, 0.29) is 18.9 Å². The molecule has 12 heteroatoms. The maximum atomic E-state index is 13.6. The molecule has 1 rings (SSSR count). The number of hydrogen-bond acceptors (Lipinski definition) is 6. The Balaban J connectivity index is 2.59. The Morgan fingerprint density at radius 2 is 0.968 bits per heavy atom. The molecule has 0 spiro atoms. The maximum Gasteiger partial charge on any atom is 0.705 e. The molecule has 0 N–H and O–H groups in total. The van der Waals surface area contributed by atoms with Crippen molar-refractivity contribution in [3.63, 3.8) is 0 Å². The number of halogens is 5. The van der Waals surface area contributed by atoms with Crippen molar-refractivity contribution < 1.29 is 49.6 Å². The molecular formula is C19H23F5O6Si. The highest BCUT2D eigenvalue weighted by Gasteiger charge is 2.51. The van der Waals surface area contributed by atoms with Gasteiger partial charge in [-0.1, -0.05) is 19.3 Å². The fourth-order valence-electron chi connectivity index (χ4n) is 2.92. The smallest absolute Gasteiger partial charge is 0.455 e. The Morgan fingerprint density at radius 3 is 1.39 bits per heavy atom. The van der Waals surface area contributed by atoms with Gasteiger partial charge in [0.15, 0.2) is 23.3 Å². The SMILES string of the molecule is CC(=O)O[Si](CCCCCCCc1c(F)c(F)c(F)c(F)c1F)(OC(C)=O)OC(C)=O. The molecular weight excluding hydrogens is 447 g/mol. The summed E-state index contributed by atoms with van der Waals surface area (Å²) < 4.78 is 81.8. The van der Waals surface area contributed by atoms with Gasteiger partial charge in [-0.3, -0.25) is 14.4 Å². The summed E-state index contributed by atoms with van der Waals surface area (Å²) in [5, 5.41) is 0. The molecule has 31 heavy (non-hydrogen) atoms. The molecule has 0 unspecified atom stereocenters. The first-order valence-corrected chi connectivity index (χ1v) is 11.4. The van der Waals surface area contributed by atoms with Crippen LogP contribution in [-0.4, -0.2) is 26.7 Å². The van der Waals surface area contributed by atoms with Crippen molar-refractivity contribution in [2.75, 3.05) is 0 Å². The van der Waals surface area contributed by atoms with Crippen molar-refractivity contribution in [1.82, 2.24) is 0 Å². The lowest BCUT2D eigenvalue weighted by molar-refractivity contribution is -0.147. The zero-order chi connectivity index (χ0) is 23.8. The molecule has 0 aliphatic heterocycles. The zero-order valence-corrected chi connectivity index (χ0v) is 18.3. The number of carbonyl (C=O) groups excluding carboxylic acids is 3. The van der Waals surface area contributed by atoms with Gasteiger partial charge < -0.3 is 13.3 Å². The molecule has 0 fully saturated rings. The fourth-order valence-corrected chi connectivity index (χ4v) is 5.34. The van der Waals surface area contributed by atoms with E-state index in [0.29, 0.717) is 25.7 Å². The third-order valence-electron chi connectivity index (χ3n) is 4.11. The summed E-state index contributed by atoms with van der Waals surface area (Å²) in [6.07, 6.45) is 1.55. The number of rotatable bonds is 11. The standard InChI is InChI=1S/C19H23F5O6Si/c1-11(25)28-31(29-12(2)26,30-13(3)27)10-8-6-4-5-7-9-14-15(20)17(22)19(24)18(23)16(14)21/h4-10H2,1-3H3. The van der Waals surface area contributed by atoms with E-state index in [2.05, 4.69) is 0 Å². The van der Waals surface area contributed by atoms with Crippen molar-refractivity contribution in [2.45, 2.75) is 65.3 Å². The quantitative estimate of drug-likeness (QED) is 0.156. The molecule has 0 heterocycles. The van der Waals surface area contributed by atoms with Crippen LogP contribution in [0, 0.1) is 29.1 Å². The fraction of sp³-hybridized carbons (Fsp3) is 0.526. The molecule has 6 nitrogen and oxygen atoms in total. The predicted molar refractivity (Wildman–Crippen MR) is 98.9 cm³/mol. The lowest BCUT2D eigenvalue weighted by atomic mass is 10.0. The summed E-state index contributed by atoms with van der Waals surface area (Å²) in [4.78, 5) is 34.0. The molecule has 1 aromatic carbocycles. The number of benzene rings is 1. The summed E-state index contributed by atoms with van der Waals surface area (Å²) in [7, 11) is -3.91. The average molecular weight is 470 g/mol. The van der Waals surface area contributed by atoms with Crippen LogP contribution >= 0.6 is 0 Å². The van der Waals surface area contributed by atoms with Crippen LogP contribution < -0.4 is 0 Å². The average Bonchev–Trinajstić information content (AvgIpc) is 2.64. The normalized spacial score (nSPS) is 11.2. The summed E-state index contributed by atoms with van der Waals surface area (Å²) in [5.41, 5.74) is -0.859. The molecule has 0 aliphatic rings. The largest absolute Gasteiger partial charge is 0.705 e. The van der Waals surface area contributed by atoms with Gasteiger partial charge in [0.25, 0.3) is 17.9 Å². The van der Waals surface area contributed by atoms with Crippen LogP contribution in [0.4, 0.5) is 22.0 Å². The van der Waals surface area contributed by atoms with Crippen molar-refractivity contribution >= 4 is 26.7 Å². The van der Waals surface area contributed by atoms with Gasteiger partial charge in [-0.15, -0.1) is 0 Å². The minimum atomic E-state index is -3.91. The van der Waals surface area contributed by atoms with Crippen LogP contribution in [0.2, 0.25) is 6.04 Å². The van der Waals surface area contributed by atoms with Crippen LogP contribution in [0.1, 0.15) is 58.4 Å². The van der Waals surface area contributed by atoms with E-state index in [1.807, 2.05) is 0 Å². The first-order chi connectivity index (χ1) is 14.4. The molecule has 0 radical (unpaired) electrons. The van der Waals surface area contributed by atoms with Crippen molar-refractivity contribution in [3.8, 4) is 0 Å². The number of unbranched alkanes of at least 4 members (excludes halogenated alkanes) is 4. The Labute approximate surface area is 177 Å². The molecule has 0 aromatic heterocycles. The highest BCUT2D eigenvalue weighted by Crippen LogP contribution is 2.25. The minimum Gasteiger partial charge on any atom is -0.455 e. The van der Waals surface area contributed by atoms with Gasteiger partial charge in [0, 0.05) is 26.3 Å². The van der Waals surface area contributed by atoms with Gasteiger partial charge in [0.2, 0.25) is 5.82 Å². The first kappa shape index (κ1) is 26.5. The van der Waals surface area contributed by atoms with Crippen LogP contribution in [0.15, 0.2) is 0 Å². The van der Waals surface area contributed by atoms with Gasteiger partial charge in [-0.25, -0.2) is 22.0 Å². The van der Waals surface area contributed by atoms with Crippen molar-refractivity contribution in [3.05, 3.63) is 34.6 Å². The molecule has 0 saturated heterocycles. The summed E-state index contributed by atoms with van der Waals surface area (Å²) in [6, 6.07) is -0.0105. The minimum absolute atomic E-state index is 0.0105. The second-order valence-electron chi connectivity index (χ2n) is 6.78. The molecule has 0 atom stereocenters. The highest BCUT2D eigenvalue weighted by atomic mass is 28.4. The topological polar surface area (TPSA) is 78.9 Å². The summed E-state index contributed by atoms with van der Waals surface area (Å²) in [5.74, 6) is -12.2. The van der Waals surface area contributed by atoms with E-state index < -0.39 is 61.4 Å². The van der Waals surface area contributed by atoms with Crippen LogP contribution in [-0.2, 0) is 34.1 Å². The second kappa shape index (κ2) is 11.8. The predicted octanol–water partition coefficient (Wildman–Crippen LogP) is 4.50. The van der Waals surface area contributed by atoms with E-state index in [4.69, 9.17) is 13.3 Å². The van der Waals surface area contributed by atoms with Gasteiger partial charge in [-0.05, 0) is 19.3 Å². The van der Waals surface area contributed by atoms with Crippen molar-refractivity contribution in [1.29, 1.82) is 0 Å². The highest BCUT2D eigenvalue weighted by molar-refractivity contribution is 6.65. The molecule has 0 aliphatic carbocycles. The maximum absolute atomic E-state index is 13.6. The molecule has 0 saturated carbocycles. The summed E-state index contributed by atoms with van der Waals surface area (Å²) >= 11 is 0. The van der Waals surface area contributed by atoms with Crippen molar-refractivity contribution in [2.24, 2.45) is 0 Å². The Hall–Kier alpha value is -2.50. The Kier molecular flexibility index (Phi) is 10.1. The van der Waals surface area contributed by atoms with Crippen LogP contribution in [0.25, 0.3) is 0 Å². The van der Waals surface area contributed by atoms with E-state index in [1.54, 1.807) is 0 Å². The Morgan fingerprint density at radius 1 is 0.613 bits per heavy atom. The molecule has 0 amide bonds. The second-order valence-corrected chi connectivity index (χ2v) is 9.26. The van der Waals surface area contributed by atoms with Gasteiger partial charge in [0.1, 0.15) is 0 Å². The zero-order valence-electron chi connectivity index (χ0n) is 17.3. The lowest BCUT2D eigenvalue weighted by Crippen LogP contribution is -2.49. The number of carbonyl (C=O) groups is 3. The van der Waals surface area contributed by atoms with Gasteiger partial charge >= 0.3 is 8.80 Å². The number of hydrogen-bond donors (Lipinski definition) is 0. The van der Waals surface area contributed by atoms with Crippen LogP contribution in [0.3, 0.4) is 0 Å². The van der Waals surface area contributed by atoms with E-state index in [9.17, 15) is 36.3 Å². The van der Waals surface area contributed by atoms with E-state index >= 15 is 0 Å². The van der Waals surface area contributed by atoms with Gasteiger partial charge in [-0.2, -0.15) is 0 Å². The van der Waals surface area contributed by atoms with E-state index in [1.165, 1.54) is 0 Å². The summed E-state index contributed by atoms with van der Waals surface area (Å²) in [6.45, 7) is 3.23. The first-order valence-electron chi connectivity index (χ1n) is 9.49. The molecule has 0 bridgehead atoms. The van der Waals surface area contributed by atoms with E-state index in [0.717, 1.165) is 20.8 Å². The molecule has 174 valence electrons. The third-order valence-corrected chi connectivity index (χ3v) is 6.87. The monoisotopic (exact) mass is 470 g/mol.